The van der Waals surface area contributed by atoms with Crippen molar-refractivity contribution in [3.63, 3.8) is 0 Å². The van der Waals surface area contributed by atoms with Crippen molar-refractivity contribution in [3.05, 3.63) is 35.4 Å². The second kappa shape index (κ2) is 7.13. The minimum atomic E-state index is -0.963. The van der Waals surface area contributed by atoms with E-state index in [2.05, 4.69) is 25.7 Å². The van der Waals surface area contributed by atoms with Crippen molar-refractivity contribution in [2.75, 3.05) is 26.2 Å². The maximum atomic E-state index is 12.4. The molecular formula is C18H26N2O3. The number of carbonyl (C=O) groups is 2. The number of hydrogen-bond acceptors (Lipinski definition) is 3. The smallest absolute Gasteiger partial charge is 0.335 e. The van der Waals surface area contributed by atoms with E-state index in [1.165, 1.54) is 0 Å². The van der Waals surface area contributed by atoms with E-state index in [-0.39, 0.29) is 23.4 Å². The summed E-state index contributed by atoms with van der Waals surface area (Å²) in [7, 11) is 0. The molecule has 0 saturated carbocycles. The Morgan fingerprint density at radius 2 is 1.83 bits per heavy atom. The molecule has 1 aliphatic heterocycles. The largest absolute Gasteiger partial charge is 0.478 e. The highest BCUT2D eigenvalue weighted by molar-refractivity contribution is 5.88. The first kappa shape index (κ1) is 17.5. The van der Waals surface area contributed by atoms with E-state index >= 15 is 0 Å². The molecule has 126 valence electrons. The second-order valence-electron chi connectivity index (χ2n) is 6.72. The molecular weight excluding hydrogens is 292 g/mol. The van der Waals surface area contributed by atoms with Gasteiger partial charge in [-0.25, -0.2) is 4.79 Å². The van der Waals surface area contributed by atoms with Crippen LogP contribution in [0, 0.1) is 0 Å². The molecule has 1 aliphatic rings. The molecule has 1 N–H and O–H groups in total. The molecule has 0 bridgehead atoms. The fourth-order valence-electron chi connectivity index (χ4n) is 2.89. The normalized spacial score (nSPS) is 16.4. The number of benzene rings is 1. The van der Waals surface area contributed by atoms with Crippen molar-refractivity contribution in [2.24, 2.45) is 0 Å². The molecule has 0 spiro atoms. The predicted molar refractivity (Wildman–Crippen MR) is 89.6 cm³/mol. The van der Waals surface area contributed by atoms with Crippen LogP contribution >= 0.6 is 0 Å². The van der Waals surface area contributed by atoms with Gasteiger partial charge in [0, 0.05) is 31.7 Å². The van der Waals surface area contributed by atoms with Crippen molar-refractivity contribution in [3.8, 4) is 0 Å². The minimum Gasteiger partial charge on any atom is -0.478 e. The molecule has 5 nitrogen and oxygen atoms in total. The standard InChI is InChI=1S/C18H26N2O3/c1-4-18(2,3)20-10-8-19(9-11-20)16(21)13-14-6-5-7-15(12-14)17(22)23/h5-7,12H,4,8-11,13H2,1-3H3,(H,22,23). The number of piperazine rings is 1. The summed E-state index contributed by atoms with van der Waals surface area (Å²) in [4.78, 5) is 27.7. The Morgan fingerprint density at radius 1 is 1.17 bits per heavy atom. The SMILES string of the molecule is CCC(C)(C)N1CCN(C(=O)Cc2cccc(C(=O)O)c2)CC1. The summed E-state index contributed by atoms with van der Waals surface area (Å²) in [5.41, 5.74) is 1.15. The van der Waals surface area contributed by atoms with Gasteiger partial charge in [-0.05, 0) is 38.0 Å². The zero-order chi connectivity index (χ0) is 17.0. The van der Waals surface area contributed by atoms with E-state index in [0.717, 1.165) is 38.2 Å². The van der Waals surface area contributed by atoms with Crippen molar-refractivity contribution >= 4 is 11.9 Å². The fourth-order valence-corrected chi connectivity index (χ4v) is 2.89. The highest BCUT2D eigenvalue weighted by atomic mass is 16.4. The van der Waals surface area contributed by atoms with E-state index in [1.54, 1.807) is 24.3 Å². The maximum Gasteiger partial charge on any atom is 0.335 e. The highest BCUT2D eigenvalue weighted by Gasteiger charge is 2.29. The number of nitrogens with zero attached hydrogens (tertiary/aromatic N) is 2. The zero-order valence-corrected chi connectivity index (χ0v) is 14.2. The summed E-state index contributed by atoms with van der Waals surface area (Å²) in [5.74, 6) is -0.892. The van der Waals surface area contributed by atoms with E-state index in [4.69, 9.17) is 5.11 Å². The molecule has 0 radical (unpaired) electrons. The van der Waals surface area contributed by atoms with E-state index < -0.39 is 5.97 Å². The number of carboxylic acid groups (broad SMARTS) is 1. The summed E-state index contributed by atoms with van der Waals surface area (Å²) in [6, 6.07) is 6.62. The maximum absolute atomic E-state index is 12.4. The van der Waals surface area contributed by atoms with Gasteiger partial charge in [-0.1, -0.05) is 19.1 Å². The number of aromatic carboxylic acids is 1. The molecule has 1 heterocycles. The Balaban J connectivity index is 1.93. The molecule has 1 aromatic carbocycles. The number of hydrogen-bond donors (Lipinski definition) is 1. The van der Waals surface area contributed by atoms with Crippen LogP contribution in [0.4, 0.5) is 0 Å². The van der Waals surface area contributed by atoms with Gasteiger partial charge in [-0.3, -0.25) is 9.69 Å². The van der Waals surface area contributed by atoms with Crippen LogP contribution in [-0.2, 0) is 11.2 Å². The molecule has 1 saturated heterocycles. The first-order valence-electron chi connectivity index (χ1n) is 8.18. The average molecular weight is 318 g/mol. The van der Waals surface area contributed by atoms with Crippen LogP contribution in [0.1, 0.15) is 43.1 Å². The van der Waals surface area contributed by atoms with Crippen LogP contribution < -0.4 is 0 Å². The van der Waals surface area contributed by atoms with Gasteiger partial charge in [0.25, 0.3) is 0 Å². The van der Waals surface area contributed by atoms with Gasteiger partial charge in [0.1, 0.15) is 0 Å². The first-order valence-corrected chi connectivity index (χ1v) is 8.18. The van der Waals surface area contributed by atoms with Crippen molar-refractivity contribution in [2.45, 2.75) is 39.2 Å². The second-order valence-corrected chi connectivity index (χ2v) is 6.72. The number of amides is 1. The summed E-state index contributed by atoms with van der Waals surface area (Å²) in [5, 5.41) is 9.02. The number of carbonyl (C=O) groups excluding carboxylic acids is 1. The third-order valence-corrected chi connectivity index (χ3v) is 4.88. The quantitative estimate of drug-likeness (QED) is 0.904. The number of rotatable bonds is 5. The van der Waals surface area contributed by atoms with Gasteiger partial charge in [0.05, 0.1) is 12.0 Å². The average Bonchev–Trinajstić information content (AvgIpc) is 2.55. The van der Waals surface area contributed by atoms with Crippen LogP contribution in [0.5, 0.6) is 0 Å². The summed E-state index contributed by atoms with van der Waals surface area (Å²) >= 11 is 0. The third-order valence-electron chi connectivity index (χ3n) is 4.88. The molecule has 1 fully saturated rings. The van der Waals surface area contributed by atoms with E-state index in [9.17, 15) is 9.59 Å². The summed E-state index contributed by atoms with van der Waals surface area (Å²) < 4.78 is 0. The van der Waals surface area contributed by atoms with Crippen LogP contribution in [-0.4, -0.2) is 58.5 Å². The predicted octanol–water partition coefficient (Wildman–Crippen LogP) is 2.26. The summed E-state index contributed by atoms with van der Waals surface area (Å²) in [6.07, 6.45) is 1.35. The van der Waals surface area contributed by atoms with E-state index in [0.29, 0.717) is 0 Å². The zero-order valence-electron chi connectivity index (χ0n) is 14.2. The first-order chi connectivity index (χ1) is 10.8. The molecule has 0 unspecified atom stereocenters. The minimum absolute atomic E-state index is 0.0708. The van der Waals surface area contributed by atoms with Crippen LogP contribution in [0.25, 0.3) is 0 Å². The Morgan fingerprint density at radius 3 is 2.39 bits per heavy atom. The Hall–Kier alpha value is -1.88. The topological polar surface area (TPSA) is 60.9 Å². The molecule has 0 aliphatic carbocycles. The van der Waals surface area contributed by atoms with E-state index in [1.807, 2.05) is 4.90 Å². The Kier molecular flexibility index (Phi) is 5.42. The van der Waals surface area contributed by atoms with Gasteiger partial charge in [0.2, 0.25) is 5.91 Å². The lowest BCUT2D eigenvalue weighted by atomic mass is 9.98. The Bertz CT molecular complexity index is 575. The molecule has 5 heteroatoms. The van der Waals surface area contributed by atoms with Gasteiger partial charge in [0.15, 0.2) is 0 Å². The fraction of sp³-hybridized carbons (Fsp3) is 0.556. The summed E-state index contributed by atoms with van der Waals surface area (Å²) in [6.45, 7) is 9.92. The van der Waals surface area contributed by atoms with Crippen molar-refractivity contribution in [1.82, 2.24) is 9.80 Å². The van der Waals surface area contributed by atoms with Gasteiger partial charge >= 0.3 is 5.97 Å². The van der Waals surface area contributed by atoms with Gasteiger partial charge < -0.3 is 10.0 Å². The van der Waals surface area contributed by atoms with Gasteiger partial charge in [-0.2, -0.15) is 0 Å². The lowest BCUT2D eigenvalue weighted by Gasteiger charge is -2.43. The van der Waals surface area contributed by atoms with Crippen molar-refractivity contribution in [1.29, 1.82) is 0 Å². The Labute approximate surface area is 137 Å². The molecule has 0 aromatic heterocycles. The molecule has 0 atom stereocenters. The monoisotopic (exact) mass is 318 g/mol. The molecule has 2 rings (SSSR count). The number of carboxylic acids is 1. The molecule has 23 heavy (non-hydrogen) atoms. The van der Waals surface area contributed by atoms with Crippen LogP contribution in [0.3, 0.4) is 0 Å². The van der Waals surface area contributed by atoms with Gasteiger partial charge in [-0.15, -0.1) is 0 Å². The lowest BCUT2D eigenvalue weighted by Crippen LogP contribution is -2.55. The molecule has 1 amide bonds. The molecule has 1 aromatic rings. The van der Waals surface area contributed by atoms with Crippen LogP contribution in [0.15, 0.2) is 24.3 Å². The third kappa shape index (κ3) is 4.32. The van der Waals surface area contributed by atoms with Crippen molar-refractivity contribution < 1.29 is 14.7 Å². The lowest BCUT2D eigenvalue weighted by molar-refractivity contribution is -0.133. The highest BCUT2D eigenvalue weighted by Crippen LogP contribution is 2.20. The van der Waals surface area contributed by atoms with Crippen LogP contribution in [0.2, 0.25) is 0 Å².